The van der Waals surface area contributed by atoms with E-state index in [0.29, 0.717) is 11.7 Å². The summed E-state index contributed by atoms with van der Waals surface area (Å²) in [5, 5.41) is 3.23. The lowest BCUT2D eigenvalue weighted by atomic mass is 9.90. The van der Waals surface area contributed by atoms with Crippen LogP contribution in [0.1, 0.15) is 33.1 Å². The quantitative estimate of drug-likeness (QED) is 0.692. The first-order valence-electron chi connectivity index (χ1n) is 5.00. The topological polar surface area (TPSA) is 29.1 Å². The maximum Gasteiger partial charge on any atom is 0.140 e. The smallest absolute Gasteiger partial charge is 0.140 e. The molecule has 0 amide bonds. The predicted octanol–water partition coefficient (Wildman–Crippen LogP) is 1.60. The Balaban J connectivity index is 2.34. The molecular formula is C10H19NO. The molecule has 2 atom stereocenters. The number of carbonyl (C=O) groups excluding carboxylic acids is 1. The lowest BCUT2D eigenvalue weighted by molar-refractivity contribution is -0.125. The third-order valence-electron chi connectivity index (χ3n) is 2.67. The molecule has 1 N–H and O–H groups in total. The van der Waals surface area contributed by atoms with Crippen LogP contribution in [0.2, 0.25) is 0 Å². The van der Waals surface area contributed by atoms with Gasteiger partial charge >= 0.3 is 0 Å². The van der Waals surface area contributed by atoms with Crippen LogP contribution in [-0.2, 0) is 4.79 Å². The lowest BCUT2D eigenvalue weighted by Crippen LogP contribution is -2.23. The van der Waals surface area contributed by atoms with E-state index in [9.17, 15) is 4.79 Å². The Bertz CT molecular complexity index is 150. The molecule has 0 aromatic rings. The highest BCUT2D eigenvalue weighted by Crippen LogP contribution is 2.17. The molecule has 0 aromatic carbocycles. The first-order valence-corrected chi connectivity index (χ1v) is 5.00. The summed E-state index contributed by atoms with van der Waals surface area (Å²) in [7, 11) is 0. The molecule has 1 aliphatic heterocycles. The third kappa shape index (κ3) is 2.31. The number of ketones is 1. The number of nitrogens with one attached hydrogen (secondary N) is 1. The zero-order valence-electron chi connectivity index (χ0n) is 8.10. The molecule has 12 heavy (non-hydrogen) atoms. The van der Waals surface area contributed by atoms with Gasteiger partial charge in [0, 0.05) is 18.4 Å². The van der Waals surface area contributed by atoms with Crippen LogP contribution in [0.25, 0.3) is 0 Å². The largest absolute Gasteiger partial charge is 0.316 e. The highest BCUT2D eigenvalue weighted by molar-refractivity contribution is 5.83. The highest BCUT2D eigenvalue weighted by atomic mass is 16.1. The summed E-state index contributed by atoms with van der Waals surface area (Å²) in [5.74, 6) is 1.06. The molecule has 1 saturated heterocycles. The Morgan fingerprint density at radius 1 is 1.67 bits per heavy atom. The van der Waals surface area contributed by atoms with Gasteiger partial charge in [0.15, 0.2) is 0 Å². The molecule has 1 fully saturated rings. The molecule has 0 radical (unpaired) electrons. The van der Waals surface area contributed by atoms with Gasteiger partial charge in [-0.2, -0.15) is 0 Å². The molecule has 70 valence electrons. The first kappa shape index (κ1) is 9.72. The monoisotopic (exact) mass is 169 g/mol. The van der Waals surface area contributed by atoms with Crippen molar-refractivity contribution in [3.05, 3.63) is 0 Å². The van der Waals surface area contributed by atoms with Crippen LogP contribution in [0.15, 0.2) is 0 Å². The second kappa shape index (κ2) is 4.61. The van der Waals surface area contributed by atoms with E-state index < -0.39 is 0 Å². The Kier molecular flexibility index (Phi) is 3.73. The fraction of sp³-hybridized carbons (Fsp3) is 0.900. The second-order valence-corrected chi connectivity index (χ2v) is 3.78. The van der Waals surface area contributed by atoms with Crippen molar-refractivity contribution in [1.82, 2.24) is 5.32 Å². The van der Waals surface area contributed by atoms with Crippen LogP contribution in [0, 0.1) is 11.8 Å². The van der Waals surface area contributed by atoms with Gasteiger partial charge in [0.1, 0.15) is 5.78 Å². The van der Waals surface area contributed by atoms with Crippen molar-refractivity contribution in [1.29, 1.82) is 0 Å². The summed E-state index contributed by atoms with van der Waals surface area (Å²) < 4.78 is 0. The van der Waals surface area contributed by atoms with Crippen molar-refractivity contribution in [2.75, 3.05) is 13.1 Å². The Morgan fingerprint density at radius 3 is 2.92 bits per heavy atom. The number of rotatable bonds is 4. The van der Waals surface area contributed by atoms with E-state index >= 15 is 0 Å². The summed E-state index contributed by atoms with van der Waals surface area (Å²) in [6.45, 7) is 6.13. The van der Waals surface area contributed by atoms with Gasteiger partial charge < -0.3 is 5.32 Å². The minimum Gasteiger partial charge on any atom is -0.316 e. The number of hydrogen-bond acceptors (Lipinski definition) is 2. The van der Waals surface area contributed by atoms with Crippen molar-refractivity contribution in [2.45, 2.75) is 33.1 Å². The first-order chi connectivity index (χ1) is 5.75. The number of Topliss-reactive ketones (excluding diaryl/α,β-unsaturated/α-hetero) is 1. The Labute approximate surface area is 74.7 Å². The molecule has 0 saturated carbocycles. The average Bonchev–Trinajstić information content (AvgIpc) is 2.55. The number of hydrogen-bond donors (Lipinski definition) is 1. The van der Waals surface area contributed by atoms with E-state index in [1.807, 2.05) is 0 Å². The summed E-state index contributed by atoms with van der Waals surface area (Å²) in [6, 6.07) is 0. The zero-order valence-corrected chi connectivity index (χ0v) is 8.10. The zero-order chi connectivity index (χ0) is 8.97. The van der Waals surface area contributed by atoms with Gasteiger partial charge in [-0.25, -0.2) is 0 Å². The van der Waals surface area contributed by atoms with E-state index in [4.69, 9.17) is 0 Å². The van der Waals surface area contributed by atoms with Gasteiger partial charge in [0.25, 0.3) is 0 Å². The van der Waals surface area contributed by atoms with Gasteiger partial charge in [-0.3, -0.25) is 4.79 Å². The molecule has 0 aliphatic carbocycles. The van der Waals surface area contributed by atoms with E-state index in [-0.39, 0.29) is 5.92 Å². The van der Waals surface area contributed by atoms with Gasteiger partial charge in [-0.1, -0.05) is 20.3 Å². The molecule has 2 heteroatoms. The minimum atomic E-state index is 0.278. The van der Waals surface area contributed by atoms with Gasteiger partial charge in [-0.15, -0.1) is 0 Å². The van der Waals surface area contributed by atoms with Gasteiger partial charge in [-0.05, 0) is 19.4 Å². The summed E-state index contributed by atoms with van der Waals surface area (Å²) in [6.07, 6.45) is 3.22. The highest BCUT2D eigenvalue weighted by Gasteiger charge is 2.25. The van der Waals surface area contributed by atoms with Gasteiger partial charge in [0.05, 0.1) is 0 Å². The lowest BCUT2D eigenvalue weighted by Gasteiger charge is -2.13. The fourth-order valence-electron chi connectivity index (χ4n) is 1.88. The molecule has 1 rings (SSSR count). The molecular weight excluding hydrogens is 150 g/mol. The van der Waals surface area contributed by atoms with E-state index in [1.54, 1.807) is 0 Å². The van der Waals surface area contributed by atoms with Crippen molar-refractivity contribution < 1.29 is 4.79 Å². The minimum absolute atomic E-state index is 0.278. The molecule has 0 spiro atoms. The van der Waals surface area contributed by atoms with Crippen LogP contribution < -0.4 is 5.32 Å². The summed E-state index contributed by atoms with van der Waals surface area (Å²) >= 11 is 0. The Hall–Kier alpha value is -0.370. The molecule has 2 nitrogen and oxygen atoms in total. The Morgan fingerprint density at radius 2 is 2.42 bits per heavy atom. The average molecular weight is 169 g/mol. The van der Waals surface area contributed by atoms with Crippen LogP contribution in [0.4, 0.5) is 0 Å². The standard InChI is InChI=1S/C10H19NO/c1-3-4-8(2)10(12)9-5-6-11-7-9/h8-9,11H,3-7H2,1-2H3. The van der Waals surface area contributed by atoms with Crippen LogP contribution >= 0.6 is 0 Å². The van der Waals surface area contributed by atoms with Crippen LogP contribution in [-0.4, -0.2) is 18.9 Å². The fourth-order valence-corrected chi connectivity index (χ4v) is 1.88. The maximum atomic E-state index is 11.7. The van der Waals surface area contributed by atoms with Crippen molar-refractivity contribution in [3.8, 4) is 0 Å². The molecule has 0 bridgehead atoms. The molecule has 0 aromatic heterocycles. The SMILES string of the molecule is CCCC(C)C(=O)C1CCNC1. The summed E-state index contributed by atoms with van der Waals surface area (Å²) in [5.41, 5.74) is 0. The van der Waals surface area contributed by atoms with E-state index in [0.717, 1.165) is 32.4 Å². The maximum absolute atomic E-state index is 11.7. The van der Waals surface area contributed by atoms with Crippen LogP contribution in [0.3, 0.4) is 0 Å². The van der Waals surface area contributed by atoms with E-state index in [2.05, 4.69) is 19.2 Å². The number of carbonyl (C=O) groups is 1. The van der Waals surface area contributed by atoms with Crippen molar-refractivity contribution in [3.63, 3.8) is 0 Å². The van der Waals surface area contributed by atoms with Crippen molar-refractivity contribution in [2.24, 2.45) is 11.8 Å². The third-order valence-corrected chi connectivity index (χ3v) is 2.67. The molecule has 1 aliphatic rings. The van der Waals surface area contributed by atoms with E-state index in [1.165, 1.54) is 0 Å². The molecule has 2 unspecified atom stereocenters. The van der Waals surface area contributed by atoms with Crippen LogP contribution in [0.5, 0.6) is 0 Å². The van der Waals surface area contributed by atoms with Gasteiger partial charge in [0.2, 0.25) is 0 Å². The summed E-state index contributed by atoms with van der Waals surface area (Å²) in [4.78, 5) is 11.7. The second-order valence-electron chi connectivity index (χ2n) is 3.78. The predicted molar refractivity (Wildman–Crippen MR) is 50.1 cm³/mol. The molecule has 1 heterocycles. The normalized spacial score (nSPS) is 25.7. The van der Waals surface area contributed by atoms with Crippen molar-refractivity contribution >= 4 is 5.78 Å².